The van der Waals surface area contributed by atoms with Crippen LogP contribution in [0, 0.1) is 11.7 Å². The molecule has 2 nitrogen and oxygen atoms in total. The second-order valence-corrected chi connectivity index (χ2v) is 6.17. The van der Waals surface area contributed by atoms with Crippen molar-refractivity contribution in [2.75, 3.05) is 26.7 Å². The van der Waals surface area contributed by atoms with Gasteiger partial charge in [-0.2, -0.15) is 0 Å². The molecule has 1 N–H and O–H groups in total. The van der Waals surface area contributed by atoms with Crippen LogP contribution < -0.4 is 5.32 Å². The van der Waals surface area contributed by atoms with E-state index in [0.29, 0.717) is 5.92 Å². The van der Waals surface area contributed by atoms with E-state index in [0.717, 1.165) is 42.5 Å². The molecule has 0 bridgehead atoms. The van der Waals surface area contributed by atoms with Crippen LogP contribution in [0.4, 0.5) is 4.39 Å². The number of halogens is 2. The third-order valence-electron chi connectivity index (χ3n) is 3.88. The highest BCUT2D eigenvalue weighted by Gasteiger charge is 2.35. The summed E-state index contributed by atoms with van der Waals surface area (Å²) in [6.45, 7) is 5.23. The molecule has 0 saturated carbocycles. The average Bonchev–Trinajstić information content (AvgIpc) is 2.76. The fourth-order valence-electron chi connectivity index (χ4n) is 3.13. The molecule has 1 heterocycles. The van der Waals surface area contributed by atoms with Crippen LogP contribution in [0.1, 0.15) is 31.4 Å². The molecule has 0 spiro atoms. The van der Waals surface area contributed by atoms with Gasteiger partial charge in [0, 0.05) is 16.1 Å². The minimum atomic E-state index is -0.0858. The van der Waals surface area contributed by atoms with Crippen LogP contribution in [0.15, 0.2) is 22.7 Å². The van der Waals surface area contributed by atoms with Gasteiger partial charge in [-0.1, -0.05) is 22.9 Å². The van der Waals surface area contributed by atoms with E-state index < -0.39 is 0 Å². The van der Waals surface area contributed by atoms with Gasteiger partial charge in [-0.05, 0) is 63.6 Å². The van der Waals surface area contributed by atoms with Gasteiger partial charge in [0.2, 0.25) is 0 Å². The van der Waals surface area contributed by atoms with Crippen LogP contribution in [-0.4, -0.2) is 31.6 Å². The Bertz CT molecular complexity index is 411. The Balaban J connectivity index is 2.31. The number of nitrogens with zero attached hydrogens (tertiary/aromatic N) is 1. The van der Waals surface area contributed by atoms with Crippen molar-refractivity contribution in [1.29, 1.82) is 0 Å². The second-order valence-electron chi connectivity index (χ2n) is 5.25. The van der Waals surface area contributed by atoms with Crippen molar-refractivity contribution in [1.82, 2.24) is 10.2 Å². The largest absolute Gasteiger partial charge is 0.319 e. The third kappa shape index (κ3) is 3.36. The maximum atomic E-state index is 14.2. The lowest BCUT2D eigenvalue weighted by Gasteiger charge is -2.29. The first kappa shape index (κ1) is 14.9. The molecule has 1 aliphatic rings. The summed E-state index contributed by atoms with van der Waals surface area (Å²) in [7, 11) is 1.97. The van der Waals surface area contributed by atoms with E-state index in [9.17, 15) is 4.39 Å². The first-order chi connectivity index (χ1) is 9.17. The Kier molecular flexibility index (Phi) is 5.37. The van der Waals surface area contributed by atoms with Gasteiger partial charge < -0.3 is 5.32 Å². The van der Waals surface area contributed by atoms with Gasteiger partial charge >= 0.3 is 0 Å². The molecule has 2 rings (SSSR count). The van der Waals surface area contributed by atoms with E-state index in [1.165, 1.54) is 0 Å². The lowest BCUT2D eigenvalue weighted by atomic mass is 9.93. The molecule has 1 fully saturated rings. The SMILES string of the molecule is CCCN1CCC(CNC)C1c1cc(Br)ccc1F. The maximum absolute atomic E-state index is 14.2. The Hall–Kier alpha value is -0.450. The van der Waals surface area contributed by atoms with Gasteiger partial charge in [0.15, 0.2) is 0 Å². The highest BCUT2D eigenvalue weighted by atomic mass is 79.9. The van der Waals surface area contributed by atoms with E-state index in [4.69, 9.17) is 0 Å². The first-order valence-corrected chi connectivity index (χ1v) is 7.80. The standard InChI is InChI=1S/C15H22BrFN2/c1-3-7-19-8-6-11(10-18-2)15(19)13-9-12(16)4-5-14(13)17/h4-5,9,11,15,18H,3,6-8,10H2,1-2H3. The minimum absolute atomic E-state index is 0.0858. The summed E-state index contributed by atoms with van der Waals surface area (Å²) in [5, 5.41) is 3.25. The van der Waals surface area contributed by atoms with Crippen LogP contribution in [0.25, 0.3) is 0 Å². The smallest absolute Gasteiger partial charge is 0.128 e. The van der Waals surface area contributed by atoms with Crippen LogP contribution in [0.2, 0.25) is 0 Å². The van der Waals surface area contributed by atoms with Crippen molar-refractivity contribution < 1.29 is 4.39 Å². The molecule has 4 heteroatoms. The lowest BCUT2D eigenvalue weighted by Crippen LogP contribution is -2.30. The zero-order chi connectivity index (χ0) is 13.8. The van der Waals surface area contributed by atoms with Gasteiger partial charge in [-0.3, -0.25) is 4.90 Å². The van der Waals surface area contributed by atoms with Crippen LogP contribution in [0.3, 0.4) is 0 Å². The molecule has 1 aromatic carbocycles. The Morgan fingerprint density at radius 2 is 2.26 bits per heavy atom. The fourth-order valence-corrected chi connectivity index (χ4v) is 3.51. The van der Waals surface area contributed by atoms with E-state index in [-0.39, 0.29) is 11.9 Å². The summed E-state index contributed by atoms with van der Waals surface area (Å²) in [6, 6.07) is 5.48. The summed E-state index contributed by atoms with van der Waals surface area (Å²) in [6.07, 6.45) is 2.25. The zero-order valence-corrected chi connectivity index (χ0v) is 13.2. The number of hydrogen-bond donors (Lipinski definition) is 1. The molecule has 1 saturated heterocycles. The zero-order valence-electron chi connectivity index (χ0n) is 11.6. The number of rotatable bonds is 5. The molecule has 1 aromatic rings. The molecule has 2 atom stereocenters. The van der Waals surface area contributed by atoms with Crippen molar-refractivity contribution in [2.24, 2.45) is 5.92 Å². The van der Waals surface area contributed by atoms with Gasteiger partial charge in [-0.25, -0.2) is 4.39 Å². The summed E-state index contributed by atoms with van der Waals surface area (Å²) < 4.78 is 15.1. The summed E-state index contributed by atoms with van der Waals surface area (Å²) in [4.78, 5) is 2.42. The molecule has 19 heavy (non-hydrogen) atoms. The van der Waals surface area contributed by atoms with Gasteiger partial charge in [0.05, 0.1) is 0 Å². The Labute approximate surface area is 123 Å². The quantitative estimate of drug-likeness (QED) is 0.888. The van der Waals surface area contributed by atoms with Gasteiger partial charge in [-0.15, -0.1) is 0 Å². The third-order valence-corrected chi connectivity index (χ3v) is 4.37. The van der Waals surface area contributed by atoms with Crippen molar-refractivity contribution >= 4 is 15.9 Å². The predicted molar refractivity (Wildman–Crippen MR) is 80.7 cm³/mol. The van der Waals surface area contributed by atoms with E-state index in [2.05, 4.69) is 33.1 Å². The monoisotopic (exact) mass is 328 g/mol. The molecular weight excluding hydrogens is 307 g/mol. The van der Waals surface area contributed by atoms with Crippen molar-refractivity contribution in [3.8, 4) is 0 Å². The van der Waals surface area contributed by atoms with Crippen LogP contribution in [-0.2, 0) is 0 Å². The summed E-state index contributed by atoms with van der Waals surface area (Å²) in [5.74, 6) is 0.401. The fraction of sp³-hybridized carbons (Fsp3) is 0.600. The Morgan fingerprint density at radius 3 is 2.95 bits per heavy atom. The molecule has 0 radical (unpaired) electrons. The first-order valence-electron chi connectivity index (χ1n) is 7.01. The molecule has 0 aromatic heterocycles. The highest BCUT2D eigenvalue weighted by Crippen LogP contribution is 2.38. The van der Waals surface area contributed by atoms with Gasteiger partial charge in [0.25, 0.3) is 0 Å². The molecule has 106 valence electrons. The number of likely N-dealkylation sites (tertiary alicyclic amines) is 1. The predicted octanol–water partition coefficient (Wildman–Crippen LogP) is 3.58. The van der Waals surface area contributed by atoms with Crippen molar-refractivity contribution in [3.05, 3.63) is 34.1 Å². The van der Waals surface area contributed by atoms with Crippen molar-refractivity contribution in [2.45, 2.75) is 25.8 Å². The minimum Gasteiger partial charge on any atom is -0.319 e. The summed E-state index contributed by atoms with van der Waals surface area (Å²) in [5.41, 5.74) is 0.834. The molecule has 1 aliphatic heterocycles. The number of benzene rings is 1. The van der Waals surface area contributed by atoms with E-state index >= 15 is 0 Å². The topological polar surface area (TPSA) is 15.3 Å². The van der Waals surface area contributed by atoms with E-state index in [1.54, 1.807) is 12.1 Å². The normalized spacial score (nSPS) is 24.0. The summed E-state index contributed by atoms with van der Waals surface area (Å²) >= 11 is 3.46. The number of nitrogens with one attached hydrogen (secondary N) is 1. The van der Waals surface area contributed by atoms with Crippen LogP contribution >= 0.6 is 15.9 Å². The van der Waals surface area contributed by atoms with Crippen LogP contribution in [0.5, 0.6) is 0 Å². The second kappa shape index (κ2) is 6.82. The Morgan fingerprint density at radius 1 is 1.47 bits per heavy atom. The van der Waals surface area contributed by atoms with Crippen molar-refractivity contribution in [3.63, 3.8) is 0 Å². The number of hydrogen-bond acceptors (Lipinski definition) is 2. The molecule has 0 amide bonds. The average molecular weight is 329 g/mol. The molecule has 2 unspecified atom stereocenters. The molecule has 0 aliphatic carbocycles. The van der Waals surface area contributed by atoms with Gasteiger partial charge in [0.1, 0.15) is 5.82 Å². The molecular formula is C15H22BrFN2. The lowest BCUT2D eigenvalue weighted by molar-refractivity contribution is 0.222. The maximum Gasteiger partial charge on any atom is 0.128 e. The highest BCUT2D eigenvalue weighted by molar-refractivity contribution is 9.10. The van der Waals surface area contributed by atoms with E-state index in [1.807, 2.05) is 13.1 Å².